The van der Waals surface area contributed by atoms with Crippen LogP contribution in [0.2, 0.25) is 0 Å². The van der Waals surface area contributed by atoms with Crippen LogP contribution in [-0.4, -0.2) is 35.1 Å². The summed E-state index contributed by atoms with van der Waals surface area (Å²) in [6.07, 6.45) is 1.60. The van der Waals surface area contributed by atoms with Crippen molar-refractivity contribution in [3.05, 3.63) is 11.7 Å². The van der Waals surface area contributed by atoms with Gasteiger partial charge >= 0.3 is 0 Å². The molecule has 0 radical (unpaired) electrons. The molecule has 0 aliphatic heterocycles. The van der Waals surface area contributed by atoms with E-state index in [9.17, 15) is 0 Å². The van der Waals surface area contributed by atoms with Crippen LogP contribution in [0, 0.1) is 0 Å². The van der Waals surface area contributed by atoms with Crippen molar-refractivity contribution in [2.75, 3.05) is 13.7 Å². The maximum atomic E-state index is 9.08. The van der Waals surface area contributed by atoms with Crippen LogP contribution in [0.4, 0.5) is 0 Å². The third-order valence-corrected chi connectivity index (χ3v) is 1.73. The fourth-order valence-corrected chi connectivity index (χ4v) is 1.10. The van der Waals surface area contributed by atoms with Crippen molar-refractivity contribution in [3.63, 3.8) is 0 Å². The minimum atomic E-state index is -0.442. The first kappa shape index (κ1) is 11.1. The number of rotatable bonds is 6. The number of aryl methyl sites for hydroxylation is 1. The van der Waals surface area contributed by atoms with Crippen LogP contribution in [-0.2, 0) is 17.6 Å². The number of methoxy groups -OCH3 is 1. The van der Waals surface area contributed by atoms with Gasteiger partial charge in [-0.1, -0.05) is 5.16 Å². The summed E-state index contributed by atoms with van der Waals surface area (Å²) in [7, 11) is 1.66. The highest BCUT2D eigenvalue weighted by atomic mass is 16.5. The van der Waals surface area contributed by atoms with Crippen molar-refractivity contribution < 1.29 is 14.4 Å². The van der Waals surface area contributed by atoms with E-state index in [4.69, 9.17) is 14.4 Å². The molecular weight excluding hydrogens is 184 g/mol. The molecule has 1 atom stereocenters. The van der Waals surface area contributed by atoms with Crippen molar-refractivity contribution in [1.82, 2.24) is 10.1 Å². The lowest BCUT2D eigenvalue weighted by Gasteiger charge is -1.95. The largest absolute Gasteiger partial charge is 0.393 e. The summed E-state index contributed by atoms with van der Waals surface area (Å²) < 4.78 is 9.85. The van der Waals surface area contributed by atoms with Crippen LogP contribution in [0.25, 0.3) is 0 Å². The van der Waals surface area contributed by atoms with E-state index in [1.54, 1.807) is 14.0 Å². The van der Waals surface area contributed by atoms with Gasteiger partial charge in [0.15, 0.2) is 5.82 Å². The van der Waals surface area contributed by atoms with Crippen LogP contribution in [0.3, 0.4) is 0 Å². The molecule has 1 aromatic heterocycles. The molecule has 1 heterocycles. The van der Waals surface area contributed by atoms with Gasteiger partial charge in [0, 0.05) is 20.1 Å². The summed E-state index contributed by atoms with van der Waals surface area (Å²) in [6.45, 7) is 2.38. The second-order valence-electron chi connectivity index (χ2n) is 3.25. The van der Waals surface area contributed by atoms with Gasteiger partial charge < -0.3 is 14.4 Å². The maximum Gasteiger partial charge on any atom is 0.229 e. The zero-order chi connectivity index (χ0) is 10.4. The van der Waals surface area contributed by atoms with E-state index >= 15 is 0 Å². The molecule has 0 bridgehead atoms. The van der Waals surface area contributed by atoms with Crippen molar-refractivity contribution in [2.45, 2.75) is 32.3 Å². The van der Waals surface area contributed by atoms with Gasteiger partial charge in [0.2, 0.25) is 5.89 Å². The lowest BCUT2D eigenvalue weighted by Crippen LogP contribution is -2.04. The van der Waals surface area contributed by atoms with E-state index in [0.717, 1.165) is 12.8 Å². The first-order chi connectivity index (χ1) is 6.72. The summed E-state index contributed by atoms with van der Waals surface area (Å²) >= 11 is 0. The number of hydrogen-bond donors (Lipinski definition) is 1. The molecule has 0 saturated carbocycles. The Morgan fingerprint density at radius 2 is 2.36 bits per heavy atom. The predicted molar refractivity (Wildman–Crippen MR) is 49.9 cm³/mol. The lowest BCUT2D eigenvalue weighted by atomic mass is 10.3. The third kappa shape index (κ3) is 3.85. The second kappa shape index (κ2) is 5.72. The fourth-order valence-electron chi connectivity index (χ4n) is 1.10. The molecule has 0 aromatic carbocycles. The van der Waals surface area contributed by atoms with Crippen LogP contribution in [0.15, 0.2) is 4.52 Å². The first-order valence-corrected chi connectivity index (χ1v) is 4.71. The lowest BCUT2D eigenvalue weighted by molar-refractivity contribution is 0.181. The molecule has 5 heteroatoms. The molecule has 5 nitrogen and oxygen atoms in total. The van der Waals surface area contributed by atoms with Gasteiger partial charge in [-0.25, -0.2) is 0 Å². The number of nitrogens with zero attached hydrogens (tertiary/aromatic N) is 2. The zero-order valence-corrected chi connectivity index (χ0v) is 8.56. The molecule has 1 rings (SSSR count). The minimum Gasteiger partial charge on any atom is -0.393 e. The summed E-state index contributed by atoms with van der Waals surface area (Å²) in [5.41, 5.74) is 0. The molecule has 1 N–H and O–H groups in total. The monoisotopic (exact) mass is 200 g/mol. The van der Waals surface area contributed by atoms with Crippen LogP contribution in [0.1, 0.15) is 25.1 Å². The number of hydrogen-bond acceptors (Lipinski definition) is 5. The molecule has 14 heavy (non-hydrogen) atoms. The maximum absolute atomic E-state index is 9.08. The van der Waals surface area contributed by atoms with Gasteiger partial charge in [-0.15, -0.1) is 0 Å². The number of ether oxygens (including phenoxy) is 1. The van der Waals surface area contributed by atoms with E-state index in [0.29, 0.717) is 24.7 Å². The quantitative estimate of drug-likeness (QED) is 0.680. The Bertz CT molecular complexity index is 260. The highest BCUT2D eigenvalue weighted by Gasteiger charge is 2.08. The van der Waals surface area contributed by atoms with Gasteiger partial charge in [-0.3, -0.25) is 0 Å². The zero-order valence-electron chi connectivity index (χ0n) is 8.56. The molecular formula is C9H16N2O3. The second-order valence-corrected chi connectivity index (χ2v) is 3.25. The van der Waals surface area contributed by atoms with E-state index in [-0.39, 0.29) is 0 Å². The van der Waals surface area contributed by atoms with E-state index in [1.807, 2.05) is 0 Å². The van der Waals surface area contributed by atoms with Crippen LogP contribution < -0.4 is 0 Å². The normalized spacial score (nSPS) is 13.1. The molecule has 0 aliphatic rings. The number of aliphatic hydroxyl groups is 1. The molecule has 1 aromatic rings. The SMILES string of the molecule is COCCCc1noc(CC(C)O)n1. The summed E-state index contributed by atoms with van der Waals surface area (Å²) in [6, 6.07) is 0. The van der Waals surface area contributed by atoms with Gasteiger partial charge in [-0.05, 0) is 13.3 Å². The molecule has 0 spiro atoms. The van der Waals surface area contributed by atoms with Gasteiger partial charge in [0.05, 0.1) is 12.5 Å². The first-order valence-electron chi connectivity index (χ1n) is 4.71. The smallest absolute Gasteiger partial charge is 0.229 e. The van der Waals surface area contributed by atoms with Gasteiger partial charge in [0.1, 0.15) is 0 Å². The van der Waals surface area contributed by atoms with Gasteiger partial charge in [-0.2, -0.15) is 4.98 Å². The Morgan fingerprint density at radius 3 is 3.00 bits per heavy atom. The average Bonchev–Trinajstić information content (AvgIpc) is 2.52. The highest BCUT2D eigenvalue weighted by molar-refractivity contribution is 4.87. The van der Waals surface area contributed by atoms with Gasteiger partial charge in [0.25, 0.3) is 0 Å². The number of aliphatic hydroxyl groups excluding tert-OH is 1. The standard InChI is InChI=1S/C9H16N2O3/c1-7(12)6-9-10-8(11-14-9)4-3-5-13-2/h7,12H,3-6H2,1-2H3. The van der Waals surface area contributed by atoms with E-state index < -0.39 is 6.10 Å². The van der Waals surface area contributed by atoms with E-state index in [2.05, 4.69) is 10.1 Å². The molecule has 80 valence electrons. The van der Waals surface area contributed by atoms with Crippen LogP contribution >= 0.6 is 0 Å². The van der Waals surface area contributed by atoms with Crippen molar-refractivity contribution in [3.8, 4) is 0 Å². The fraction of sp³-hybridized carbons (Fsp3) is 0.778. The Hall–Kier alpha value is -0.940. The molecule has 0 fully saturated rings. The molecule has 0 aliphatic carbocycles. The summed E-state index contributed by atoms with van der Waals surface area (Å²) in [5, 5.41) is 12.9. The van der Waals surface area contributed by atoms with Crippen molar-refractivity contribution >= 4 is 0 Å². The summed E-state index contributed by atoms with van der Waals surface area (Å²) in [4.78, 5) is 4.13. The highest BCUT2D eigenvalue weighted by Crippen LogP contribution is 2.03. The average molecular weight is 200 g/mol. The van der Waals surface area contributed by atoms with Crippen LogP contribution in [0.5, 0.6) is 0 Å². The predicted octanol–water partition coefficient (Wildman–Crippen LogP) is 0.572. The number of aromatic nitrogens is 2. The van der Waals surface area contributed by atoms with E-state index in [1.165, 1.54) is 0 Å². The molecule has 0 amide bonds. The Labute approximate surface area is 83.1 Å². The minimum absolute atomic E-state index is 0.414. The van der Waals surface area contributed by atoms with Crippen molar-refractivity contribution in [2.24, 2.45) is 0 Å². The Balaban J connectivity index is 2.35. The Kier molecular flexibility index (Phi) is 4.55. The molecule has 0 saturated heterocycles. The van der Waals surface area contributed by atoms with Crippen molar-refractivity contribution in [1.29, 1.82) is 0 Å². The Morgan fingerprint density at radius 1 is 1.57 bits per heavy atom. The third-order valence-electron chi connectivity index (χ3n) is 1.73. The summed E-state index contributed by atoms with van der Waals surface area (Å²) in [5.74, 6) is 1.17. The topological polar surface area (TPSA) is 68.4 Å². The molecule has 1 unspecified atom stereocenters.